The van der Waals surface area contributed by atoms with Crippen molar-refractivity contribution in [2.75, 3.05) is 44.8 Å². The van der Waals surface area contributed by atoms with Gasteiger partial charge in [-0.25, -0.2) is 9.97 Å². The van der Waals surface area contributed by atoms with Crippen LogP contribution in [0.15, 0.2) is 30.3 Å². The molecule has 3 aliphatic rings. The lowest BCUT2D eigenvalue weighted by atomic mass is 9.88. The molecule has 1 aromatic carbocycles. The SMILES string of the molecule is COc1ccc2c(c1)C(CN1CCOC3(CCN(c4nc(C)cc(C)n4)CC3)C1=O)=CC2. The average Bonchev–Trinajstić information content (AvgIpc) is 3.19. The van der Waals surface area contributed by atoms with Crippen molar-refractivity contribution < 1.29 is 14.3 Å². The fraction of sp³-hybridized carbons (Fsp3) is 0.480. The molecule has 0 N–H and O–H groups in total. The van der Waals surface area contributed by atoms with Crippen LogP contribution in [0, 0.1) is 13.8 Å². The summed E-state index contributed by atoms with van der Waals surface area (Å²) in [6.07, 6.45) is 4.45. The number of benzene rings is 1. The van der Waals surface area contributed by atoms with Crippen LogP contribution in [0.25, 0.3) is 5.57 Å². The van der Waals surface area contributed by atoms with Crippen molar-refractivity contribution in [3.05, 3.63) is 52.9 Å². The Morgan fingerprint density at radius 1 is 1.09 bits per heavy atom. The van der Waals surface area contributed by atoms with Crippen LogP contribution in [0.4, 0.5) is 5.95 Å². The lowest BCUT2D eigenvalue weighted by molar-refractivity contribution is -0.174. The van der Waals surface area contributed by atoms with Gasteiger partial charge in [-0.15, -0.1) is 0 Å². The van der Waals surface area contributed by atoms with E-state index in [1.165, 1.54) is 16.7 Å². The van der Waals surface area contributed by atoms with Gasteiger partial charge in [-0.3, -0.25) is 4.79 Å². The number of amides is 1. The molecule has 3 heterocycles. The van der Waals surface area contributed by atoms with Gasteiger partial charge >= 0.3 is 0 Å². The molecule has 1 aliphatic carbocycles. The van der Waals surface area contributed by atoms with Crippen molar-refractivity contribution in [2.45, 2.75) is 38.7 Å². The van der Waals surface area contributed by atoms with Crippen LogP contribution < -0.4 is 9.64 Å². The summed E-state index contributed by atoms with van der Waals surface area (Å²) in [6.45, 7) is 7.22. The maximum absolute atomic E-state index is 13.6. The predicted octanol–water partition coefficient (Wildman–Crippen LogP) is 2.94. The number of piperidine rings is 1. The molecule has 2 fully saturated rings. The van der Waals surface area contributed by atoms with Gasteiger partial charge in [0.15, 0.2) is 0 Å². The normalized spacial score (nSPS) is 19.8. The smallest absolute Gasteiger partial charge is 0.255 e. The summed E-state index contributed by atoms with van der Waals surface area (Å²) < 4.78 is 11.6. The highest BCUT2D eigenvalue weighted by Gasteiger charge is 2.47. The van der Waals surface area contributed by atoms with Crippen LogP contribution in [-0.2, 0) is 16.0 Å². The maximum atomic E-state index is 13.6. The highest BCUT2D eigenvalue weighted by atomic mass is 16.5. The Morgan fingerprint density at radius 3 is 2.56 bits per heavy atom. The molecular formula is C25H30N4O3. The minimum absolute atomic E-state index is 0.113. The van der Waals surface area contributed by atoms with Gasteiger partial charge in [0.05, 0.1) is 13.7 Å². The van der Waals surface area contributed by atoms with Crippen LogP contribution >= 0.6 is 0 Å². The Labute approximate surface area is 189 Å². The number of hydrogen-bond donors (Lipinski definition) is 0. The maximum Gasteiger partial charge on any atom is 0.255 e. The van der Waals surface area contributed by atoms with Gasteiger partial charge in [0.1, 0.15) is 11.4 Å². The Kier molecular flexibility index (Phi) is 5.37. The number of carbonyl (C=O) groups is 1. The van der Waals surface area contributed by atoms with E-state index >= 15 is 0 Å². The summed E-state index contributed by atoms with van der Waals surface area (Å²) in [7, 11) is 1.69. The third-order valence-electron chi connectivity index (χ3n) is 6.83. The first kappa shape index (κ1) is 20.9. The number of aromatic nitrogens is 2. The number of hydrogen-bond acceptors (Lipinski definition) is 6. The number of rotatable bonds is 4. The zero-order chi connectivity index (χ0) is 22.3. The first-order valence-corrected chi connectivity index (χ1v) is 11.3. The molecule has 0 unspecified atom stereocenters. The average molecular weight is 435 g/mol. The van der Waals surface area contributed by atoms with E-state index in [-0.39, 0.29) is 5.91 Å². The molecule has 1 aromatic heterocycles. The number of carbonyl (C=O) groups excluding carboxylic acids is 1. The summed E-state index contributed by atoms with van der Waals surface area (Å²) in [6, 6.07) is 8.17. The second-order valence-corrected chi connectivity index (χ2v) is 8.96. The van der Waals surface area contributed by atoms with Crippen LogP contribution in [0.2, 0.25) is 0 Å². The first-order valence-electron chi connectivity index (χ1n) is 11.3. The topological polar surface area (TPSA) is 67.8 Å². The molecule has 0 atom stereocenters. The highest BCUT2D eigenvalue weighted by Crippen LogP contribution is 2.35. The van der Waals surface area contributed by atoms with Crippen LogP contribution in [-0.4, -0.2) is 66.3 Å². The Morgan fingerprint density at radius 2 is 1.84 bits per heavy atom. The second kappa shape index (κ2) is 8.20. The molecule has 0 bridgehead atoms. The van der Waals surface area contributed by atoms with E-state index in [2.05, 4.69) is 33.1 Å². The highest BCUT2D eigenvalue weighted by molar-refractivity contribution is 5.88. The van der Waals surface area contributed by atoms with Gasteiger partial charge in [-0.1, -0.05) is 12.1 Å². The lowest BCUT2D eigenvalue weighted by Crippen LogP contribution is -2.61. The molecule has 7 heteroatoms. The first-order chi connectivity index (χ1) is 15.5. The van der Waals surface area contributed by atoms with Crippen LogP contribution in [0.3, 0.4) is 0 Å². The number of aryl methyl sites for hydroxylation is 2. The van der Waals surface area contributed by atoms with Gasteiger partial charge < -0.3 is 19.3 Å². The van der Waals surface area contributed by atoms with E-state index < -0.39 is 5.60 Å². The van der Waals surface area contributed by atoms with E-state index in [9.17, 15) is 4.79 Å². The largest absolute Gasteiger partial charge is 0.497 e. The fourth-order valence-electron chi connectivity index (χ4n) is 5.09. The third-order valence-corrected chi connectivity index (χ3v) is 6.83. The lowest BCUT2D eigenvalue weighted by Gasteiger charge is -2.46. The second-order valence-electron chi connectivity index (χ2n) is 8.96. The van der Waals surface area contributed by atoms with Crippen molar-refractivity contribution in [1.29, 1.82) is 0 Å². The molecular weight excluding hydrogens is 404 g/mol. The van der Waals surface area contributed by atoms with Crippen LogP contribution in [0.1, 0.15) is 35.4 Å². The number of ether oxygens (including phenoxy) is 2. The molecule has 32 heavy (non-hydrogen) atoms. The Balaban J connectivity index is 1.29. The predicted molar refractivity (Wildman–Crippen MR) is 123 cm³/mol. The molecule has 1 spiro atoms. The number of methoxy groups -OCH3 is 1. The van der Waals surface area contributed by atoms with Gasteiger partial charge in [-0.2, -0.15) is 0 Å². The summed E-state index contributed by atoms with van der Waals surface area (Å²) in [5, 5.41) is 0. The van der Waals surface area contributed by atoms with Gasteiger partial charge in [0.25, 0.3) is 5.91 Å². The van der Waals surface area contributed by atoms with E-state index in [1.807, 2.05) is 30.9 Å². The monoisotopic (exact) mass is 434 g/mol. The zero-order valence-corrected chi connectivity index (χ0v) is 19.1. The Bertz CT molecular complexity index is 1050. The van der Waals surface area contributed by atoms with Crippen LogP contribution in [0.5, 0.6) is 5.75 Å². The van der Waals surface area contributed by atoms with Gasteiger partial charge in [0, 0.05) is 50.4 Å². The van der Waals surface area contributed by atoms with Gasteiger partial charge in [-0.05, 0) is 55.2 Å². The molecule has 7 nitrogen and oxygen atoms in total. The van der Waals surface area contributed by atoms with Gasteiger partial charge in [0.2, 0.25) is 5.95 Å². The molecule has 1 amide bonds. The summed E-state index contributed by atoms with van der Waals surface area (Å²) in [4.78, 5) is 26.9. The molecule has 0 saturated carbocycles. The molecule has 2 aromatic rings. The van der Waals surface area contributed by atoms with Crippen molar-refractivity contribution in [2.24, 2.45) is 0 Å². The summed E-state index contributed by atoms with van der Waals surface area (Å²) >= 11 is 0. The molecule has 2 saturated heterocycles. The number of nitrogens with zero attached hydrogens (tertiary/aromatic N) is 4. The van der Waals surface area contributed by atoms with Crippen molar-refractivity contribution in [1.82, 2.24) is 14.9 Å². The molecule has 2 aliphatic heterocycles. The van der Waals surface area contributed by atoms with E-state index in [0.717, 1.165) is 29.5 Å². The van der Waals surface area contributed by atoms with Crippen molar-refractivity contribution >= 4 is 17.4 Å². The number of fused-ring (bicyclic) bond motifs is 1. The van der Waals surface area contributed by atoms with Crippen molar-refractivity contribution in [3.8, 4) is 5.75 Å². The minimum Gasteiger partial charge on any atom is -0.497 e. The third kappa shape index (κ3) is 3.75. The van der Waals surface area contributed by atoms with E-state index in [4.69, 9.17) is 9.47 Å². The summed E-state index contributed by atoms with van der Waals surface area (Å²) in [5.74, 6) is 1.71. The molecule has 168 valence electrons. The van der Waals surface area contributed by atoms with Crippen molar-refractivity contribution in [3.63, 3.8) is 0 Å². The Hall–Kier alpha value is -2.93. The molecule has 0 radical (unpaired) electrons. The van der Waals surface area contributed by atoms with E-state index in [1.54, 1.807) is 7.11 Å². The standard InChI is InChI=1S/C25H30N4O3/c1-17-14-18(2)27-24(26-17)28-10-8-25(9-11-28)23(30)29(12-13-32-25)16-20-5-4-19-6-7-21(31-3)15-22(19)20/h5-7,14-15H,4,8-13,16H2,1-3H3. The zero-order valence-electron chi connectivity index (χ0n) is 19.1. The minimum atomic E-state index is -0.732. The number of anilines is 1. The van der Waals surface area contributed by atoms with E-state index in [0.29, 0.717) is 45.6 Å². The summed E-state index contributed by atoms with van der Waals surface area (Å²) in [5.41, 5.74) is 4.88. The fourth-order valence-corrected chi connectivity index (χ4v) is 5.09. The number of allylic oxidation sites excluding steroid dienone is 1. The molecule has 5 rings (SSSR count). The number of morpholine rings is 1. The quantitative estimate of drug-likeness (QED) is 0.737.